The van der Waals surface area contributed by atoms with Crippen molar-refractivity contribution < 1.29 is 13.9 Å². The predicted octanol–water partition coefficient (Wildman–Crippen LogP) is 7.08. The first kappa shape index (κ1) is 22.7. The lowest BCUT2D eigenvalue weighted by molar-refractivity contribution is 0.0992. The number of carbonyl (C=O) groups is 1. The first-order chi connectivity index (χ1) is 15.4. The first-order valence-electron chi connectivity index (χ1n) is 9.34. The van der Waals surface area contributed by atoms with Crippen LogP contribution in [0.15, 0.2) is 69.7 Å². The number of para-hydroxylation sites is 1. The molecule has 1 N–H and O–H groups in total. The van der Waals surface area contributed by atoms with Gasteiger partial charge in [0.25, 0.3) is 5.91 Å². The van der Waals surface area contributed by atoms with Crippen LogP contribution in [-0.2, 0) is 13.2 Å². The number of anilines is 1. The lowest BCUT2D eigenvalue weighted by Gasteiger charge is -2.07. The molecule has 32 heavy (non-hydrogen) atoms. The van der Waals surface area contributed by atoms with Gasteiger partial charge in [0.15, 0.2) is 11.6 Å². The highest BCUT2D eigenvalue weighted by Crippen LogP contribution is 2.28. The van der Waals surface area contributed by atoms with Crippen LogP contribution >= 0.6 is 50.7 Å². The first-order valence-corrected chi connectivity index (χ1v) is 11.3. The van der Waals surface area contributed by atoms with E-state index in [0.29, 0.717) is 33.7 Å². The van der Waals surface area contributed by atoms with Crippen molar-refractivity contribution in [3.8, 4) is 5.75 Å². The monoisotopic (exact) mass is 553 g/mol. The number of hydrogen-bond donors (Lipinski definition) is 1. The summed E-state index contributed by atoms with van der Waals surface area (Å²) in [6.45, 7) is 0.468. The van der Waals surface area contributed by atoms with Crippen molar-refractivity contribution in [2.24, 2.45) is 0 Å². The smallest absolute Gasteiger partial charge is 0.292 e. The van der Waals surface area contributed by atoms with E-state index in [0.717, 1.165) is 4.47 Å². The van der Waals surface area contributed by atoms with Crippen molar-refractivity contribution in [2.75, 3.05) is 5.32 Å². The number of hydrogen-bond acceptors (Lipinski definition) is 4. The second kappa shape index (κ2) is 10.0. The Kier molecular flexibility index (Phi) is 7.10. The van der Waals surface area contributed by atoms with Gasteiger partial charge in [0.1, 0.15) is 23.1 Å². The van der Waals surface area contributed by atoms with Crippen molar-refractivity contribution in [3.63, 3.8) is 0 Å². The molecule has 0 aliphatic carbocycles. The number of halogens is 4. The zero-order valence-electron chi connectivity index (χ0n) is 16.3. The molecule has 0 saturated heterocycles. The third kappa shape index (κ3) is 5.30. The van der Waals surface area contributed by atoms with Gasteiger partial charge in [0.05, 0.1) is 11.0 Å². The van der Waals surface area contributed by atoms with Crippen molar-refractivity contribution in [1.29, 1.82) is 0 Å². The average Bonchev–Trinajstić information content (AvgIpc) is 3.37. The maximum atomic E-state index is 12.6. The SMILES string of the molecule is O=C(Nc1nn(Cc2c(Cl)cccc2Cl)cc1Cl)c1ccc(COc2ccccc2Br)o1. The molecule has 0 unspecified atom stereocenters. The van der Waals surface area contributed by atoms with Crippen LogP contribution in [0.4, 0.5) is 5.82 Å². The Morgan fingerprint density at radius 2 is 1.78 bits per heavy atom. The van der Waals surface area contributed by atoms with Crippen LogP contribution in [0, 0.1) is 0 Å². The molecule has 0 spiro atoms. The molecule has 0 radical (unpaired) electrons. The summed E-state index contributed by atoms with van der Waals surface area (Å²) in [6, 6.07) is 15.9. The summed E-state index contributed by atoms with van der Waals surface area (Å²) in [7, 11) is 0. The van der Waals surface area contributed by atoms with Crippen molar-refractivity contribution in [1.82, 2.24) is 9.78 Å². The zero-order valence-corrected chi connectivity index (χ0v) is 20.2. The minimum atomic E-state index is -0.486. The fraction of sp³-hybridized carbons (Fsp3) is 0.0909. The largest absolute Gasteiger partial charge is 0.484 e. The molecule has 2 aromatic carbocycles. The van der Waals surface area contributed by atoms with Crippen LogP contribution < -0.4 is 10.1 Å². The van der Waals surface area contributed by atoms with Crippen molar-refractivity contribution in [2.45, 2.75) is 13.2 Å². The topological polar surface area (TPSA) is 69.3 Å². The Morgan fingerprint density at radius 1 is 1.03 bits per heavy atom. The second-order valence-electron chi connectivity index (χ2n) is 6.66. The van der Waals surface area contributed by atoms with E-state index >= 15 is 0 Å². The molecule has 2 heterocycles. The van der Waals surface area contributed by atoms with Gasteiger partial charge in [-0.25, -0.2) is 0 Å². The van der Waals surface area contributed by atoms with Gasteiger partial charge in [0.2, 0.25) is 0 Å². The number of aromatic nitrogens is 2. The fourth-order valence-electron chi connectivity index (χ4n) is 2.87. The van der Waals surface area contributed by atoms with E-state index in [2.05, 4.69) is 26.3 Å². The highest BCUT2D eigenvalue weighted by Gasteiger charge is 2.17. The lowest BCUT2D eigenvalue weighted by Crippen LogP contribution is -2.12. The average molecular weight is 556 g/mol. The number of carbonyl (C=O) groups excluding carboxylic acids is 1. The van der Waals surface area contributed by atoms with Gasteiger partial charge in [-0.2, -0.15) is 5.10 Å². The number of amides is 1. The predicted molar refractivity (Wildman–Crippen MR) is 128 cm³/mol. The second-order valence-corrected chi connectivity index (χ2v) is 8.74. The Bertz CT molecular complexity index is 1250. The molecule has 0 saturated carbocycles. The minimum Gasteiger partial charge on any atom is -0.484 e. The summed E-state index contributed by atoms with van der Waals surface area (Å²) in [6.07, 6.45) is 1.58. The summed E-state index contributed by atoms with van der Waals surface area (Å²) in [4.78, 5) is 12.6. The molecule has 164 valence electrons. The van der Waals surface area contributed by atoms with E-state index < -0.39 is 5.91 Å². The molecule has 0 atom stereocenters. The van der Waals surface area contributed by atoms with E-state index in [1.165, 1.54) is 0 Å². The number of ether oxygens (including phenoxy) is 1. The van der Waals surface area contributed by atoms with Crippen LogP contribution in [0.25, 0.3) is 0 Å². The minimum absolute atomic E-state index is 0.107. The van der Waals surface area contributed by atoms with Crippen LogP contribution in [0.3, 0.4) is 0 Å². The number of rotatable bonds is 7. The maximum absolute atomic E-state index is 12.6. The Morgan fingerprint density at radius 3 is 2.53 bits per heavy atom. The summed E-state index contributed by atoms with van der Waals surface area (Å²) in [5, 5.41) is 8.26. The van der Waals surface area contributed by atoms with E-state index in [-0.39, 0.29) is 23.2 Å². The van der Waals surface area contributed by atoms with Gasteiger partial charge in [0, 0.05) is 21.8 Å². The van der Waals surface area contributed by atoms with Gasteiger partial charge in [-0.05, 0) is 52.3 Å². The molecule has 1 amide bonds. The molecule has 2 aromatic heterocycles. The van der Waals surface area contributed by atoms with Crippen LogP contribution in [0.2, 0.25) is 15.1 Å². The number of furan rings is 1. The number of nitrogens with one attached hydrogen (secondary N) is 1. The van der Waals surface area contributed by atoms with Gasteiger partial charge in [-0.1, -0.05) is 53.0 Å². The molecule has 4 rings (SSSR count). The summed E-state index contributed by atoms with van der Waals surface area (Å²) >= 11 is 22.1. The van der Waals surface area contributed by atoms with E-state index in [1.54, 1.807) is 41.2 Å². The third-order valence-corrected chi connectivity index (χ3v) is 6.06. The normalized spacial score (nSPS) is 10.9. The van der Waals surface area contributed by atoms with Crippen molar-refractivity contribution >= 4 is 62.5 Å². The standard InChI is InChI=1S/C22H15BrCl3N3O3/c23-15-4-1-2-7-19(15)31-12-13-8-9-20(32-13)22(30)27-21-18(26)11-29(28-21)10-14-16(24)5-3-6-17(14)25/h1-9,11H,10,12H2,(H,27,28,30). The highest BCUT2D eigenvalue weighted by atomic mass is 79.9. The fourth-order valence-corrected chi connectivity index (χ4v) is 3.98. The summed E-state index contributed by atoms with van der Waals surface area (Å²) in [5.41, 5.74) is 0.702. The molecule has 10 heteroatoms. The van der Waals surface area contributed by atoms with Gasteiger partial charge in [-0.15, -0.1) is 0 Å². The molecule has 0 fully saturated rings. The third-order valence-electron chi connectivity index (χ3n) is 4.42. The molecule has 0 aliphatic rings. The van der Waals surface area contributed by atoms with Gasteiger partial charge >= 0.3 is 0 Å². The van der Waals surface area contributed by atoms with Gasteiger partial charge < -0.3 is 14.5 Å². The Balaban J connectivity index is 1.41. The van der Waals surface area contributed by atoms with Crippen LogP contribution in [0.5, 0.6) is 5.75 Å². The van der Waals surface area contributed by atoms with E-state index in [1.807, 2.05) is 24.3 Å². The molecular formula is C22H15BrCl3N3O3. The molecule has 4 aromatic rings. The molecule has 6 nitrogen and oxygen atoms in total. The number of benzene rings is 2. The van der Waals surface area contributed by atoms with E-state index in [4.69, 9.17) is 44.0 Å². The molecule has 0 bridgehead atoms. The quantitative estimate of drug-likeness (QED) is 0.265. The highest BCUT2D eigenvalue weighted by molar-refractivity contribution is 9.10. The molecule has 0 aliphatic heterocycles. The van der Waals surface area contributed by atoms with Gasteiger partial charge in [-0.3, -0.25) is 9.48 Å². The summed E-state index contributed by atoms with van der Waals surface area (Å²) in [5.74, 6) is 0.986. The molecular weight excluding hydrogens is 541 g/mol. The van der Waals surface area contributed by atoms with Crippen LogP contribution in [0.1, 0.15) is 21.9 Å². The summed E-state index contributed by atoms with van der Waals surface area (Å²) < 4.78 is 13.7. The van der Waals surface area contributed by atoms with Crippen LogP contribution in [-0.4, -0.2) is 15.7 Å². The zero-order chi connectivity index (χ0) is 22.7. The lowest BCUT2D eigenvalue weighted by atomic mass is 10.2. The Labute approximate surface area is 207 Å². The van der Waals surface area contributed by atoms with E-state index in [9.17, 15) is 4.79 Å². The Hall–Kier alpha value is -2.45. The maximum Gasteiger partial charge on any atom is 0.292 e. The van der Waals surface area contributed by atoms with Crippen molar-refractivity contribution in [3.05, 3.63) is 97.4 Å². The number of nitrogens with zero attached hydrogens (tertiary/aromatic N) is 2.